The van der Waals surface area contributed by atoms with Gasteiger partial charge < -0.3 is 19.7 Å². The predicted octanol–water partition coefficient (Wildman–Crippen LogP) is -0.825. The van der Waals surface area contributed by atoms with E-state index in [1.54, 1.807) is 0 Å². The maximum absolute atomic E-state index is 11.8. The Morgan fingerprint density at radius 2 is 2.10 bits per heavy atom. The van der Waals surface area contributed by atoms with E-state index in [1.165, 1.54) is 31.0 Å². The summed E-state index contributed by atoms with van der Waals surface area (Å²) < 4.78 is 11.0. The molecule has 0 aromatic heterocycles. The minimum absolute atomic E-state index is 0.211. The van der Waals surface area contributed by atoms with Crippen LogP contribution in [0.15, 0.2) is 12.3 Å². The summed E-state index contributed by atoms with van der Waals surface area (Å²) in [4.78, 5) is 24.0. The number of amides is 1. The minimum atomic E-state index is -1.03. The van der Waals surface area contributed by atoms with E-state index in [1.807, 2.05) is 0 Å². The van der Waals surface area contributed by atoms with Gasteiger partial charge in [-0.3, -0.25) is 14.5 Å². The lowest BCUT2D eigenvalue weighted by atomic mass is 9.86. The first-order chi connectivity index (χ1) is 9.42. The van der Waals surface area contributed by atoms with Crippen LogP contribution in [0.25, 0.3) is 0 Å². The molecular weight excluding hydrogens is 266 g/mol. The van der Waals surface area contributed by atoms with E-state index in [2.05, 4.69) is 0 Å². The van der Waals surface area contributed by atoms with Gasteiger partial charge in [0, 0.05) is 19.5 Å². The zero-order valence-corrected chi connectivity index (χ0v) is 11.5. The monoisotopic (exact) mass is 285 g/mol. The lowest BCUT2D eigenvalue weighted by Gasteiger charge is -2.46. The van der Waals surface area contributed by atoms with Crippen LogP contribution in [0.2, 0.25) is 0 Å². The summed E-state index contributed by atoms with van der Waals surface area (Å²) in [5.41, 5.74) is -1.03. The van der Waals surface area contributed by atoms with Crippen LogP contribution in [0.1, 0.15) is 20.3 Å². The van der Waals surface area contributed by atoms with Crippen LogP contribution >= 0.6 is 0 Å². The zero-order chi connectivity index (χ0) is 14.9. The maximum atomic E-state index is 11.8. The predicted molar refractivity (Wildman–Crippen MR) is 67.4 cm³/mol. The highest BCUT2D eigenvalue weighted by Crippen LogP contribution is 2.44. The topological polar surface area (TPSA) is 96.3 Å². The summed E-state index contributed by atoms with van der Waals surface area (Å²) in [6.07, 6.45) is 0.414. The molecule has 112 valence electrons. The second-order valence-corrected chi connectivity index (χ2v) is 5.06. The summed E-state index contributed by atoms with van der Waals surface area (Å²) in [7, 11) is 0. The third kappa shape index (κ3) is 2.37. The molecule has 0 radical (unpaired) electrons. The largest absolute Gasteiger partial charge is 0.394 e. The molecule has 7 heteroatoms. The number of hydrogen-bond donors (Lipinski definition) is 2. The van der Waals surface area contributed by atoms with Crippen LogP contribution in [0.3, 0.4) is 0 Å². The fourth-order valence-electron chi connectivity index (χ4n) is 2.56. The molecule has 20 heavy (non-hydrogen) atoms. The normalized spacial score (nSPS) is 36.3. The highest BCUT2D eigenvalue weighted by molar-refractivity contribution is 5.88. The van der Waals surface area contributed by atoms with Gasteiger partial charge in [0.25, 0.3) is 0 Å². The van der Waals surface area contributed by atoms with Crippen molar-refractivity contribution < 1.29 is 29.3 Å². The van der Waals surface area contributed by atoms with Crippen LogP contribution in [0, 0.1) is 0 Å². The van der Waals surface area contributed by atoms with Gasteiger partial charge in [0.15, 0.2) is 12.0 Å². The number of ketones is 1. The van der Waals surface area contributed by atoms with E-state index < -0.39 is 24.0 Å². The van der Waals surface area contributed by atoms with Crippen LogP contribution in [-0.4, -0.2) is 64.1 Å². The fourth-order valence-corrected chi connectivity index (χ4v) is 2.56. The standard InChI is InChI=1S/C13H19NO6/c1-8(16)3-5-14(9(2)17)12-13(4-6-19-13)11(18)10(7-15)20-12/h3,5,10-12,15,18H,4,6-7H2,1-2H3/b5-3-/t10-,11-,12-,13-/m1/s1. The third-order valence-electron chi connectivity index (χ3n) is 3.70. The Hall–Kier alpha value is -1.28. The molecule has 2 fully saturated rings. The first kappa shape index (κ1) is 15.1. The van der Waals surface area contributed by atoms with Crippen LogP contribution in [0.5, 0.6) is 0 Å². The molecular formula is C13H19NO6. The van der Waals surface area contributed by atoms with Gasteiger partial charge in [-0.25, -0.2) is 0 Å². The van der Waals surface area contributed by atoms with Crippen molar-refractivity contribution in [3.63, 3.8) is 0 Å². The summed E-state index contributed by atoms with van der Waals surface area (Å²) in [5.74, 6) is -0.551. The molecule has 2 N–H and O–H groups in total. The Morgan fingerprint density at radius 1 is 1.45 bits per heavy atom. The molecule has 2 rings (SSSR count). The van der Waals surface area contributed by atoms with Crippen molar-refractivity contribution in [2.75, 3.05) is 13.2 Å². The van der Waals surface area contributed by atoms with Gasteiger partial charge >= 0.3 is 0 Å². The summed E-state index contributed by atoms with van der Waals surface area (Å²) in [5, 5.41) is 19.4. The van der Waals surface area contributed by atoms with Crippen molar-refractivity contribution in [1.29, 1.82) is 0 Å². The molecule has 0 unspecified atom stereocenters. The number of hydrogen-bond acceptors (Lipinski definition) is 6. The number of carbonyl (C=O) groups excluding carboxylic acids is 2. The van der Waals surface area contributed by atoms with E-state index >= 15 is 0 Å². The summed E-state index contributed by atoms with van der Waals surface area (Å²) >= 11 is 0. The Bertz CT molecular complexity index is 431. The van der Waals surface area contributed by atoms with Gasteiger partial charge in [-0.1, -0.05) is 0 Å². The maximum Gasteiger partial charge on any atom is 0.225 e. The molecule has 0 aromatic carbocycles. The number of rotatable bonds is 4. The molecule has 0 saturated carbocycles. The zero-order valence-electron chi connectivity index (χ0n) is 11.5. The van der Waals surface area contributed by atoms with Crippen molar-refractivity contribution in [2.45, 2.75) is 44.3 Å². The van der Waals surface area contributed by atoms with Crippen LogP contribution < -0.4 is 0 Å². The van der Waals surface area contributed by atoms with Gasteiger partial charge in [-0.05, 0) is 13.0 Å². The second-order valence-electron chi connectivity index (χ2n) is 5.06. The lowest BCUT2D eigenvalue weighted by Crippen LogP contribution is -2.62. The third-order valence-corrected chi connectivity index (χ3v) is 3.70. The van der Waals surface area contributed by atoms with Gasteiger partial charge in [0.2, 0.25) is 5.91 Å². The number of carbonyl (C=O) groups is 2. The lowest BCUT2D eigenvalue weighted by molar-refractivity contribution is -0.232. The molecule has 0 aliphatic carbocycles. The van der Waals surface area contributed by atoms with E-state index in [0.29, 0.717) is 13.0 Å². The average Bonchev–Trinajstić information content (AvgIpc) is 2.61. The average molecular weight is 285 g/mol. The molecule has 2 heterocycles. The Morgan fingerprint density at radius 3 is 2.50 bits per heavy atom. The quantitative estimate of drug-likeness (QED) is 0.655. The summed E-state index contributed by atoms with van der Waals surface area (Å²) in [6.45, 7) is 2.78. The molecule has 0 aromatic rings. The van der Waals surface area contributed by atoms with E-state index in [0.717, 1.165) is 0 Å². The van der Waals surface area contributed by atoms with Crippen LogP contribution in [0.4, 0.5) is 0 Å². The Balaban J connectivity index is 2.27. The van der Waals surface area contributed by atoms with Crippen molar-refractivity contribution >= 4 is 11.7 Å². The molecule has 1 amide bonds. The smallest absolute Gasteiger partial charge is 0.225 e. The Kier molecular flexibility index (Phi) is 4.24. The van der Waals surface area contributed by atoms with E-state index in [4.69, 9.17) is 9.47 Å². The minimum Gasteiger partial charge on any atom is -0.394 e. The Labute approximate surface area is 116 Å². The first-order valence-electron chi connectivity index (χ1n) is 6.48. The number of aliphatic hydroxyl groups is 2. The summed E-state index contributed by atoms with van der Waals surface area (Å²) in [6, 6.07) is 0. The van der Waals surface area contributed by atoms with Crippen molar-refractivity contribution in [1.82, 2.24) is 4.90 Å². The molecule has 2 saturated heterocycles. The highest BCUT2D eigenvalue weighted by atomic mass is 16.6. The number of nitrogens with zero attached hydrogens (tertiary/aromatic N) is 1. The highest BCUT2D eigenvalue weighted by Gasteiger charge is 2.62. The van der Waals surface area contributed by atoms with Gasteiger partial charge in [-0.15, -0.1) is 0 Å². The molecule has 0 bridgehead atoms. The number of ether oxygens (including phenoxy) is 2. The van der Waals surface area contributed by atoms with Gasteiger partial charge in [0.1, 0.15) is 17.8 Å². The van der Waals surface area contributed by atoms with Gasteiger partial charge in [0.05, 0.1) is 13.2 Å². The molecule has 1 spiro atoms. The van der Waals surface area contributed by atoms with Gasteiger partial charge in [-0.2, -0.15) is 0 Å². The number of aliphatic hydroxyl groups excluding tert-OH is 2. The molecule has 2 aliphatic rings. The van der Waals surface area contributed by atoms with E-state index in [9.17, 15) is 19.8 Å². The SMILES string of the molecule is CC(=O)/C=C\N(C(C)=O)[C@@H]1O[C@H](CO)[C@@H](O)[C@]12CCO2. The first-order valence-corrected chi connectivity index (χ1v) is 6.48. The van der Waals surface area contributed by atoms with Crippen LogP contribution in [-0.2, 0) is 19.1 Å². The van der Waals surface area contributed by atoms with Crippen molar-refractivity contribution in [3.8, 4) is 0 Å². The molecule has 2 aliphatic heterocycles. The second kappa shape index (κ2) is 5.61. The molecule has 7 nitrogen and oxygen atoms in total. The van der Waals surface area contributed by atoms with Crippen molar-refractivity contribution in [2.24, 2.45) is 0 Å². The number of allylic oxidation sites excluding steroid dienone is 1. The molecule has 4 atom stereocenters. The van der Waals surface area contributed by atoms with Crippen molar-refractivity contribution in [3.05, 3.63) is 12.3 Å². The fraction of sp³-hybridized carbons (Fsp3) is 0.692. The van der Waals surface area contributed by atoms with E-state index in [-0.39, 0.29) is 18.3 Å².